The number of imide groups is 1. The highest BCUT2D eigenvalue weighted by atomic mass is 32.2. The fraction of sp³-hybridized carbons (Fsp3) is 0.238. The summed E-state index contributed by atoms with van der Waals surface area (Å²) in [5.74, 6) is 0.206. The van der Waals surface area contributed by atoms with Gasteiger partial charge in [0.05, 0.1) is 11.6 Å². The molecule has 1 saturated heterocycles. The molecule has 2 aromatic carbocycles. The predicted octanol–water partition coefficient (Wildman–Crippen LogP) is 5.22. The smallest absolute Gasteiger partial charge is 0.295 e. The molecule has 1 fully saturated rings. The van der Waals surface area contributed by atoms with Gasteiger partial charge in [-0.05, 0) is 53.4 Å². The van der Waals surface area contributed by atoms with Crippen LogP contribution in [0.5, 0.6) is 0 Å². The minimum Gasteiger partial charge on any atom is -0.367 e. The summed E-state index contributed by atoms with van der Waals surface area (Å²) in [4.78, 5) is 26.5. The molecule has 0 bridgehead atoms. The molecule has 0 atom stereocenters. The van der Waals surface area contributed by atoms with E-state index in [2.05, 4.69) is 31.3 Å². The lowest BCUT2D eigenvalue weighted by Gasteiger charge is -2.15. The Morgan fingerprint density at radius 2 is 1.77 bits per heavy atom. The molecule has 2 aromatic rings. The van der Waals surface area contributed by atoms with Crippen molar-refractivity contribution in [1.82, 2.24) is 4.90 Å². The molecule has 2 amide bonds. The van der Waals surface area contributed by atoms with E-state index >= 15 is 0 Å². The van der Waals surface area contributed by atoms with Gasteiger partial charge in [0.15, 0.2) is 0 Å². The second-order valence-corrected chi connectivity index (χ2v) is 7.57. The van der Waals surface area contributed by atoms with Crippen molar-refractivity contribution in [3.8, 4) is 0 Å². The molecule has 1 N–H and O–H groups in total. The number of thioether (sulfide) groups is 1. The van der Waals surface area contributed by atoms with Crippen LogP contribution in [0.1, 0.15) is 36.5 Å². The maximum atomic E-state index is 12.6. The van der Waals surface area contributed by atoms with Crippen LogP contribution in [0.3, 0.4) is 0 Å². The van der Waals surface area contributed by atoms with E-state index in [-0.39, 0.29) is 17.8 Å². The maximum Gasteiger partial charge on any atom is 0.295 e. The predicted molar refractivity (Wildman–Crippen MR) is 108 cm³/mol. The number of carbonyl (C=O) groups excluding carboxylic acids is 2. The fourth-order valence-electron chi connectivity index (χ4n) is 2.70. The summed E-state index contributed by atoms with van der Waals surface area (Å²) in [6, 6.07) is 15.9. The first kappa shape index (κ1) is 18.3. The quantitative estimate of drug-likeness (QED) is 0.737. The minimum atomic E-state index is -0.256. The molecule has 3 rings (SSSR count). The van der Waals surface area contributed by atoms with Gasteiger partial charge in [-0.2, -0.15) is 0 Å². The van der Waals surface area contributed by atoms with Gasteiger partial charge in [-0.15, -0.1) is 0 Å². The molecule has 0 aromatic heterocycles. The van der Waals surface area contributed by atoms with Crippen LogP contribution < -0.4 is 5.32 Å². The number of amides is 2. The number of hydrogen-bond acceptors (Lipinski definition) is 4. The molecule has 0 aliphatic carbocycles. The van der Waals surface area contributed by atoms with Crippen molar-refractivity contribution in [1.29, 1.82) is 0 Å². The van der Waals surface area contributed by atoms with E-state index in [4.69, 9.17) is 0 Å². The summed E-state index contributed by atoms with van der Waals surface area (Å²) in [5.41, 5.74) is 4.16. The van der Waals surface area contributed by atoms with E-state index in [1.54, 1.807) is 6.08 Å². The van der Waals surface area contributed by atoms with Crippen molar-refractivity contribution in [2.24, 2.45) is 0 Å². The molecule has 1 heterocycles. The van der Waals surface area contributed by atoms with Crippen molar-refractivity contribution in [3.63, 3.8) is 0 Å². The number of anilines is 1. The summed E-state index contributed by atoms with van der Waals surface area (Å²) in [5, 5.41) is 2.91. The van der Waals surface area contributed by atoms with Gasteiger partial charge in [-0.25, -0.2) is 0 Å². The number of nitrogens with zero attached hydrogens (tertiary/aromatic N) is 1. The molecule has 134 valence electrons. The van der Waals surface area contributed by atoms with Gasteiger partial charge in [0.1, 0.15) is 0 Å². The van der Waals surface area contributed by atoms with E-state index in [1.165, 1.54) is 10.5 Å². The third-order valence-corrected chi connectivity index (χ3v) is 5.25. The Kier molecular flexibility index (Phi) is 5.47. The zero-order valence-electron chi connectivity index (χ0n) is 15.2. The Labute approximate surface area is 158 Å². The fourth-order valence-corrected chi connectivity index (χ4v) is 3.54. The molecule has 4 nitrogen and oxygen atoms in total. The molecule has 1 aliphatic heterocycles. The lowest BCUT2D eigenvalue weighted by atomic mass is 10.0. The van der Waals surface area contributed by atoms with Crippen LogP contribution in [0.2, 0.25) is 0 Å². The summed E-state index contributed by atoms with van der Waals surface area (Å²) in [6.45, 7) is 6.43. The Morgan fingerprint density at radius 1 is 1.08 bits per heavy atom. The number of aryl methyl sites for hydroxylation is 1. The van der Waals surface area contributed by atoms with Crippen molar-refractivity contribution in [2.45, 2.75) is 26.7 Å². The molecular weight excluding hydrogens is 344 g/mol. The van der Waals surface area contributed by atoms with Crippen LogP contribution in [-0.2, 0) is 4.79 Å². The largest absolute Gasteiger partial charge is 0.367 e. The average molecular weight is 366 g/mol. The van der Waals surface area contributed by atoms with E-state index in [0.29, 0.717) is 10.8 Å². The molecule has 0 saturated carbocycles. The van der Waals surface area contributed by atoms with E-state index in [0.717, 1.165) is 28.6 Å². The van der Waals surface area contributed by atoms with Gasteiger partial charge in [-0.3, -0.25) is 14.5 Å². The van der Waals surface area contributed by atoms with Crippen molar-refractivity contribution in [2.75, 3.05) is 12.0 Å². The van der Waals surface area contributed by atoms with Gasteiger partial charge >= 0.3 is 0 Å². The highest BCUT2D eigenvalue weighted by Gasteiger charge is 2.34. The number of nitrogens with one attached hydrogen (secondary N) is 1. The first-order valence-corrected chi connectivity index (χ1v) is 9.42. The second kappa shape index (κ2) is 7.79. The van der Waals surface area contributed by atoms with Gasteiger partial charge in [0.25, 0.3) is 11.1 Å². The number of hydrogen-bond donors (Lipinski definition) is 1. The van der Waals surface area contributed by atoms with Crippen LogP contribution in [0.15, 0.2) is 53.4 Å². The second-order valence-electron chi connectivity index (χ2n) is 6.58. The molecule has 0 radical (unpaired) electrons. The summed E-state index contributed by atoms with van der Waals surface area (Å²) in [6.07, 6.45) is 1.78. The maximum absolute atomic E-state index is 12.6. The Morgan fingerprint density at radius 3 is 2.42 bits per heavy atom. The summed E-state index contributed by atoms with van der Waals surface area (Å²) < 4.78 is 0. The topological polar surface area (TPSA) is 49.4 Å². The lowest BCUT2D eigenvalue weighted by molar-refractivity contribution is -0.122. The Bertz CT molecular complexity index is 857. The van der Waals surface area contributed by atoms with Gasteiger partial charge in [0.2, 0.25) is 0 Å². The zero-order valence-corrected chi connectivity index (χ0v) is 16.0. The lowest BCUT2D eigenvalue weighted by Crippen LogP contribution is -2.33. The van der Waals surface area contributed by atoms with Crippen molar-refractivity contribution < 1.29 is 9.59 Å². The number of carbonyl (C=O) groups is 2. The van der Waals surface area contributed by atoms with Crippen molar-refractivity contribution in [3.05, 3.63) is 70.1 Å². The number of para-hydroxylation sites is 1. The standard InChI is InChI=1S/C21H22N2O2S/c1-14(2)17-10-8-16(9-11-17)12-19-20(24)23(21(25)26-19)13-22-18-7-5-4-6-15(18)3/h4-12,14,22H,13H2,1-3H3/b19-12+. The van der Waals surface area contributed by atoms with E-state index < -0.39 is 0 Å². The molecule has 0 spiro atoms. The van der Waals surface area contributed by atoms with E-state index in [9.17, 15) is 9.59 Å². The molecular formula is C21H22N2O2S. The SMILES string of the molecule is Cc1ccccc1NCN1C(=O)S/C(=C/c2ccc(C(C)C)cc2)C1=O. The van der Waals surface area contributed by atoms with Crippen LogP contribution in [0, 0.1) is 6.92 Å². The van der Waals surface area contributed by atoms with Crippen LogP contribution in [0.4, 0.5) is 10.5 Å². The number of rotatable bonds is 5. The van der Waals surface area contributed by atoms with Gasteiger partial charge in [-0.1, -0.05) is 56.3 Å². The summed E-state index contributed by atoms with van der Waals surface area (Å²) >= 11 is 0.985. The monoisotopic (exact) mass is 366 g/mol. The third kappa shape index (κ3) is 3.99. The minimum absolute atomic E-state index is 0.166. The Hall–Kier alpha value is -2.53. The van der Waals surface area contributed by atoms with Crippen LogP contribution >= 0.6 is 11.8 Å². The van der Waals surface area contributed by atoms with E-state index in [1.807, 2.05) is 43.3 Å². The molecule has 26 heavy (non-hydrogen) atoms. The summed E-state index contributed by atoms with van der Waals surface area (Å²) in [7, 11) is 0. The first-order chi connectivity index (χ1) is 12.5. The molecule has 0 unspecified atom stereocenters. The Balaban J connectivity index is 1.71. The highest BCUT2D eigenvalue weighted by molar-refractivity contribution is 8.18. The normalized spacial score (nSPS) is 16.0. The van der Waals surface area contributed by atoms with Crippen LogP contribution in [0.25, 0.3) is 6.08 Å². The van der Waals surface area contributed by atoms with Crippen LogP contribution in [-0.4, -0.2) is 22.7 Å². The number of benzene rings is 2. The zero-order chi connectivity index (χ0) is 18.7. The highest BCUT2D eigenvalue weighted by Crippen LogP contribution is 2.32. The average Bonchev–Trinajstić information content (AvgIpc) is 2.88. The molecule has 1 aliphatic rings. The molecule has 5 heteroatoms. The van der Waals surface area contributed by atoms with Crippen molar-refractivity contribution >= 4 is 34.7 Å². The third-order valence-electron chi connectivity index (χ3n) is 4.35. The van der Waals surface area contributed by atoms with Gasteiger partial charge < -0.3 is 5.32 Å². The first-order valence-electron chi connectivity index (χ1n) is 8.60. The van der Waals surface area contributed by atoms with Gasteiger partial charge in [0, 0.05) is 5.69 Å².